The minimum Gasteiger partial charge on any atom is -0.452 e. The molecule has 0 saturated heterocycles. The first-order chi connectivity index (χ1) is 14.2. The van der Waals surface area contributed by atoms with Gasteiger partial charge in [0.1, 0.15) is 5.76 Å². The molecule has 0 unspecified atom stereocenters. The van der Waals surface area contributed by atoms with Gasteiger partial charge in [-0.3, -0.25) is 9.67 Å². The van der Waals surface area contributed by atoms with Gasteiger partial charge in [0.2, 0.25) is 0 Å². The second-order valence-corrected chi connectivity index (χ2v) is 7.68. The van der Waals surface area contributed by atoms with E-state index in [9.17, 15) is 0 Å². The average Bonchev–Trinajstić information content (AvgIpc) is 3.46. The van der Waals surface area contributed by atoms with Gasteiger partial charge in [-0.25, -0.2) is 4.98 Å². The minimum absolute atomic E-state index is 0.378. The van der Waals surface area contributed by atoms with Crippen LogP contribution < -0.4 is 5.73 Å². The second-order valence-electron chi connectivity index (χ2n) is 6.77. The lowest BCUT2D eigenvalue weighted by molar-refractivity contribution is 0.189. The highest BCUT2D eigenvalue weighted by Gasteiger charge is 2.17. The van der Waals surface area contributed by atoms with Gasteiger partial charge >= 0.3 is 0 Å². The number of nitrogens with zero attached hydrogens (tertiary/aromatic N) is 4. The average molecular weight is 405 g/mol. The maximum absolute atomic E-state index is 6.15. The molecule has 5 rings (SSSR count). The van der Waals surface area contributed by atoms with Crippen molar-refractivity contribution < 1.29 is 9.15 Å². The fourth-order valence-corrected chi connectivity index (χ4v) is 4.39. The van der Waals surface area contributed by atoms with E-state index in [2.05, 4.69) is 20.4 Å². The first-order valence-electron chi connectivity index (χ1n) is 9.26. The summed E-state index contributed by atoms with van der Waals surface area (Å²) in [7, 11) is 1.70. The van der Waals surface area contributed by atoms with Gasteiger partial charge in [0.05, 0.1) is 10.9 Å². The SMILES string of the molecule is COCCCn1cc(-c2cnc(N)c3oc(-c4csc5cnccc45)cc23)cn1. The maximum Gasteiger partial charge on any atom is 0.177 e. The van der Waals surface area contributed by atoms with Crippen LogP contribution in [-0.2, 0) is 11.3 Å². The van der Waals surface area contributed by atoms with Crippen molar-refractivity contribution in [1.82, 2.24) is 19.7 Å². The molecule has 5 heterocycles. The smallest absolute Gasteiger partial charge is 0.177 e. The highest BCUT2D eigenvalue weighted by Crippen LogP contribution is 2.40. The Hall–Kier alpha value is -3.23. The van der Waals surface area contributed by atoms with E-state index in [1.165, 1.54) is 0 Å². The van der Waals surface area contributed by atoms with Crippen molar-refractivity contribution in [3.05, 3.63) is 48.5 Å². The molecule has 2 N–H and O–H groups in total. The number of fused-ring (bicyclic) bond motifs is 2. The summed E-state index contributed by atoms with van der Waals surface area (Å²) in [6.45, 7) is 1.50. The Morgan fingerprint density at radius 2 is 2.14 bits per heavy atom. The van der Waals surface area contributed by atoms with E-state index in [1.54, 1.807) is 30.8 Å². The van der Waals surface area contributed by atoms with Crippen LogP contribution in [0.25, 0.3) is 43.5 Å². The molecule has 8 heteroatoms. The molecule has 0 aliphatic carbocycles. The third-order valence-electron chi connectivity index (χ3n) is 4.91. The van der Waals surface area contributed by atoms with E-state index in [-0.39, 0.29) is 0 Å². The Balaban J connectivity index is 1.59. The van der Waals surface area contributed by atoms with Crippen LogP contribution in [0.15, 0.2) is 52.9 Å². The fraction of sp³-hybridized carbons (Fsp3) is 0.190. The predicted octanol–water partition coefficient (Wildman–Crippen LogP) is 4.59. The highest BCUT2D eigenvalue weighted by molar-refractivity contribution is 7.17. The number of hydrogen-bond donors (Lipinski definition) is 1. The summed E-state index contributed by atoms with van der Waals surface area (Å²) in [6.07, 6.45) is 10.2. The first kappa shape index (κ1) is 17.8. The molecule has 146 valence electrons. The molecular formula is C21H19N5O2S. The van der Waals surface area contributed by atoms with Crippen molar-refractivity contribution in [3.8, 4) is 22.5 Å². The van der Waals surface area contributed by atoms with E-state index < -0.39 is 0 Å². The van der Waals surface area contributed by atoms with E-state index >= 15 is 0 Å². The quantitative estimate of drug-likeness (QED) is 0.416. The normalized spacial score (nSPS) is 11.6. The molecule has 5 aromatic heterocycles. The van der Waals surface area contributed by atoms with Crippen LogP contribution in [0.2, 0.25) is 0 Å². The lowest BCUT2D eigenvalue weighted by Gasteiger charge is -2.01. The summed E-state index contributed by atoms with van der Waals surface area (Å²) in [5.74, 6) is 1.15. The zero-order valence-corrected chi connectivity index (χ0v) is 16.6. The number of anilines is 1. The third-order valence-corrected chi connectivity index (χ3v) is 5.84. The van der Waals surface area contributed by atoms with Gasteiger partial charge in [-0.1, -0.05) is 0 Å². The molecule has 0 fully saturated rings. The van der Waals surface area contributed by atoms with E-state index in [0.717, 1.165) is 50.9 Å². The highest BCUT2D eigenvalue weighted by atomic mass is 32.1. The molecule has 0 atom stereocenters. The van der Waals surface area contributed by atoms with E-state index in [0.29, 0.717) is 18.0 Å². The van der Waals surface area contributed by atoms with Gasteiger partial charge < -0.3 is 14.9 Å². The second kappa shape index (κ2) is 7.31. The summed E-state index contributed by atoms with van der Waals surface area (Å²) >= 11 is 1.64. The monoisotopic (exact) mass is 405 g/mol. The summed E-state index contributed by atoms with van der Waals surface area (Å²) in [4.78, 5) is 8.54. The molecule has 0 saturated carbocycles. The Labute approximate surface area is 170 Å². The maximum atomic E-state index is 6.15. The van der Waals surface area contributed by atoms with Gasteiger partial charge in [0.25, 0.3) is 0 Å². The molecule has 0 bridgehead atoms. The van der Waals surface area contributed by atoms with Gasteiger partial charge in [0.15, 0.2) is 11.4 Å². The largest absolute Gasteiger partial charge is 0.452 e. The van der Waals surface area contributed by atoms with E-state index in [4.69, 9.17) is 14.9 Å². The number of rotatable bonds is 6. The summed E-state index contributed by atoms with van der Waals surface area (Å²) in [5, 5.41) is 8.58. The molecule has 0 radical (unpaired) electrons. The van der Waals surface area contributed by atoms with Gasteiger partial charge in [-0.05, 0) is 18.6 Å². The van der Waals surface area contributed by atoms with Gasteiger partial charge in [0, 0.05) is 77.9 Å². The Bertz CT molecular complexity index is 1300. The summed E-state index contributed by atoms with van der Waals surface area (Å²) in [6, 6.07) is 4.04. The number of furan rings is 1. The Morgan fingerprint density at radius 1 is 1.21 bits per heavy atom. The molecule has 0 aromatic carbocycles. The summed E-state index contributed by atoms with van der Waals surface area (Å²) < 4.78 is 14.3. The molecule has 7 nitrogen and oxygen atoms in total. The minimum atomic E-state index is 0.378. The van der Waals surface area contributed by atoms with Crippen molar-refractivity contribution in [1.29, 1.82) is 0 Å². The number of nitrogens with two attached hydrogens (primary N) is 1. The van der Waals surface area contributed by atoms with Crippen molar-refractivity contribution in [2.24, 2.45) is 0 Å². The fourth-order valence-electron chi connectivity index (χ4n) is 3.48. The van der Waals surface area contributed by atoms with Crippen LogP contribution in [0, 0.1) is 0 Å². The van der Waals surface area contributed by atoms with Crippen LogP contribution in [0.5, 0.6) is 0 Å². The predicted molar refractivity (Wildman–Crippen MR) is 115 cm³/mol. The number of aryl methyl sites for hydroxylation is 1. The van der Waals surface area contributed by atoms with Crippen LogP contribution in [0.4, 0.5) is 5.82 Å². The van der Waals surface area contributed by atoms with Gasteiger partial charge in [-0.15, -0.1) is 11.3 Å². The van der Waals surface area contributed by atoms with Crippen LogP contribution in [0.1, 0.15) is 6.42 Å². The molecule has 0 amide bonds. The summed E-state index contributed by atoms with van der Waals surface area (Å²) in [5.41, 5.74) is 9.67. The molecule has 0 spiro atoms. The van der Waals surface area contributed by atoms with Crippen LogP contribution in [-0.4, -0.2) is 33.5 Å². The molecule has 5 aromatic rings. The number of pyridine rings is 2. The van der Waals surface area contributed by atoms with E-state index in [1.807, 2.05) is 35.4 Å². The van der Waals surface area contributed by atoms with Crippen molar-refractivity contribution in [2.75, 3.05) is 19.5 Å². The first-order valence-corrected chi connectivity index (χ1v) is 10.1. The molecule has 0 aliphatic rings. The van der Waals surface area contributed by atoms with Crippen molar-refractivity contribution in [3.63, 3.8) is 0 Å². The lowest BCUT2D eigenvalue weighted by Crippen LogP contribution is -2.01. The van der Waals surface area contributed by atoms with Crippen molar-refractivity contribution in [2.45, 2.75) is 13.0 Å². The zero-order chi connectivity index (χ0) is 19.8. The number of thiophene rings is 1. The van der Waals surface area contributed by atoms with Crippen LogP contribution >= 0.6 is 11.3 Å². The zero-order valence-electron chi connectivity index (χ0n) is 15.8. The standard InChI is InChI=1S/C21H19N5O2S/c1-27-6-2-5-26-11-13(8-25-26)16-9-24-21(22)20-15(16)7-18(28-20)17-12-29-19-10-23-4-3-14(17)19/h3-4,7-12H,2,5-6H2,1H3,(H2,22,24). The molecule has 0 aliphatic heterocycles. The number of methoxy groups -OCH3 is 1. The molecule has 29 heavy (non-hydrogen) atoms. The third kappa shape index (κ3) is 3.16. The number of hydrogen-bond acceptors (Lipinski definition) is 7. The van der Waals surface area contributed by atoms with Crippen LogP contribution in [0.3, 0.4) is 0 Å². The Morgan fingerprint density at radius 3 is 3.03 bits per heavy atom. The van der Waals surface area contributed by atoms with Gasteiger partial charge in [-0.2, -0.15) is 5.10 Å². The van der Waals surface area contributed by atoms with Crippen molar-refractivity contribution >= 4 is 38.2 Å². The number of ether oxygens (including phenoxy) is 1. The number of nitrogen functional groups attached to an aromatic ring is 1. The lowest BCUT2D eigenvalue weighted by atomic mass is 10.1. The Kier molecular flexibility index (Phi) is 4.49. The topological polar surface area (TPSA) is 92.0 Å². The number of aromatic nitrogens is 4. The molecular weight excluding hydrogens is 386 g/mol.